The number of hydrogen-bond acceptors (Lipinski definition) is 4. The van der Waals surface area contributed by atoms with Gasteiger partial charge in [-0.25, -0.2) is 0 Å². The molecule has 1 atom stereocenters. The molecule has 0 aliphatic rings. The molecule has 120 valence electrons. The fourth-order valence-corrected chi connectivity index (χ4v) is 2.63. The number of ether oxygens (including phenoxy) is 1. The second-order valence-electron chi connectivity index (χ2n) is 5.39. The molecule has 0 aliphatic carbocycles. The largest absolute Gasteiger partial charge is 0.492 e. The van der Waals surface area contributed by atoms with E-state index in [1.54, 1.807) is 0 Å². The molecular weight excluding hydrogens is 280 g/mol. The van der Waals surface area contributed by atoms with Crippen LogP contribution in [0.5, 0.6) is 5.75 Å². The molecule has 0 aliphatic heterocycles. The number of nitrogens with one attached hydrogen (secondary N) is 1. The minimum absolute atomic E-state index is 0.612. The first kappa shape index (κ1) is 18.3. The highest BCUT2D eigenvalue weighted by Crippen LogP contribution is 2.13. The average molecular weight is 311 g/mol. The average Bonchev–Trinajstić information content (AvgIpc) is 2.50. The Morgan fingerprint density at radius 2 is 2.19 bits per heavy atom. The SMILES string of the molecule is CCNCc1cccc(OCCN(C)C(C)CCSC)c1. The maximum Gasteiger partial charge on any atom is 0.119 e. The first-order valence-electron chi connectivity index (χ1n) is 7.79. The van der Waals surface area contributed by atoms with E-state index in [2.05, 4.69) is 55.6 Å². The van der Waals surface area contributed by atoms with E-state index in [-0.39, 0.29) is 0 Å². The van der Waals surface area contributed by atoms with Crippen molar-refractivity contribution in [3.8, 4) is 5.75 Å². The molecule has 0 radical (unpaired) electrons. The fraction of sp³-hybridized carbons (Fsp3) is 0.647. The van der Waals surface area contributed by atoms with Crippen LogP contribution in [0.25, 0.3) is 0 Å². The van der Waals surface area contributed by atoms with Gasteiger partial charge in [-0.3, -0.25) is 0 Å². The highest BCUT2D eigenvalue weighted by molar-refractivity contribution is 7.98. The van der Waals surface area contributed by atoms with Gasteiger partial charge in [-0.05, 0) is 56.6 Å². The molecule has 4 heteroatoms. The number of benzene rings is 1. The van der Waals surface area contributed by atoms with Crippen molar-refractivity contribution in [1.82, 2.24) is 10.2 Å². The number of likely N-dealkylation sites (N-methyl/N-ethyl adjacent to an activating group) is 1. The lowest BCUT2D eigenvalue weighted by Crippen LogP contribution is -2.33. The van der Waals surface area contributed by atoms with Crippen molar-refractivity contribution in [2.24, 2.45) is 0 Å². The smallest absolute Gasteiger partial charge is 0.119 e. The Labute approximate surface area is 134 Å². The van der Waals surface area contributed by atoms with Crippen LogP contribution in [0.1, 0.15) is 25.8 Å². The minimum atomic E-state index is 0.612. The summed E-state index contributed by atoms with van der Waals surface area (Å²) in [6.07, 6.45) is 3.39. The Hall–Kier alpha value is -0.710. The van der Waals surface area contributed by atoms with Crippen molar-refractivity contribution >= 4 is 11.8 Å². The normalized spacial score (nSPS) is 12.6. The van der Waals surface area contributed by atoms with Gasteiger partial charge < -0.3 is 15.0 Å². The van der Waals surface area contributed by atoms with E-state index >= 15 is 0 Å². The highest BCUT2D eigenvalue weighted by Gasteiger charge is 2.08. The van der Waals surface area contributed by atoms with Gasteiger partial charge in [0.1, 0.15) is 12.4 Å². The molecule has 0 aromatic heterocycles. The Balaban J connectivity index is 2.31. The molecule has 1 aromatic carbocycles. The van der Waals surface area contributed by atoms with Crippen LogP contribution < -0.4 is 10.1 Å². The van der Waals surface area contributed by atoms with Crippen LogP contribution in [0.2, 0.25) is 0 Å². The summed E-state index contributed by atoms with van der Waals surface area (Å²) in [5.41, 5.74) is 1.27. The van der Waals surface area contributed by atoms with Crippen LogP contribution in [-0.4, -0.2) is 49.7 Å². The van der Waals surface area contributed by atoms with Gasteiger partial charge in [-0.15, -0.1) is 0 Å². The van der Waals surface area contributed by atoms with E-state index in [1.807, 2.05) is 17.8 Å². The molecule has 1 N–H and O–H groups in total. The first-order valence-corrected chi connectivity index (χ1v) is 9.18. The van der Waals surface area contributed by atoms with E-state index in [1.165, 1.54) is 17.7 Å². The molecule has 0 spiro atoms. The van der Waals surface area contributed by atoms with E-state index in [0.717, 1.165) is 32.0 Å². The zero-order valence-corrected chi connectivity index (χ0v) is 14.7. The van der Waals surface area contributed by atoms with Gasteiger partial charge in [0.25, 0.3) is 0 Å². The predicted octanol–water partition coefficient (Wildman–Crippen LogP) is 3.25. The third kappa shape index (κ3) is 7.74. The van der Waals surface area contributed by atoms with E-state index in [4.69, 9.17) is 4.74 Å². The topological polar surface area (TPSA) is 24.5 Å². The van der Waals surface area contributed by atoms with E-state index in [0.29, 0.717) is 6.04 Å². The van der Waals surface area contributed by atoms with E-state index in [9.17, 15) is 0 Å². The molecule has 0 saturated heterocycles. The fourth-order valence-electron chi connectivity index (χ4n) is 2.05. The lowest BCUT2D eigenvalue weighted by Gasteiger charge is -2.24. The molecular formula is C17H30N2OS. The molecule has 1 unspecified atom stereocenters. The molecule has 0 fully saturated rings. The van der Waals surface area contributed by atoms with Crippen molar-refractivity contribution in [3.05, 3.63) is 29.8 Å². The Bertz CT molecular complexity index is 387. The summed E-state index contributed by atoms with van der Waals surface area (Å²) in [6, 6.07) is 8.96. The molecule has 0 heterocycles. The summed E-state index contributed by atoms with van der Waals surface area (Å²) < 4.78 is 5.88. The lowest BCUT2D eigenvalue weighted by atomic mass is 10.2. The molecule has 0 saturated carbocycles. The Morgan fingerprint density at radius 3 is 2.90 bits per heavy atom. The number of thioether (sulfide) groups is 1. The molecule has 0 bridgehead atoms. The van der Waals surface area contributed by atoms with Crippen molar-refractivity contribution in [2.45, 2.75) is 32.9 Å². The van der Waals surface area contributed by atoms with Crippen LogP contribution in [0.4, 0.5) is 0 Å². The second kappa shape index (κ2) is 10.9. The summed E-state index contributed by atoms with van der Waals surface area (Å²) in [5.74, 6) is 2.19. The lowest BCUT2D eigenvalue weighted by molar-refractivity contribution is 0.197. The number of rotatable bonds is 11. The van der Waals surface area contributed by atoms with Crippen molar-refractivity contribution in [2.75, 3.05) is 38.8 Å². The van der Waals surface area contributed by atoms with Crippen LogP contribution in [0.3, 0.4) is 0 Å². The second-order valence-corrected chi connectivity index (χ2v) is 6.37. The zero-order chi connectivity index (χ0) is 15.5. The molecule has 21 heavy (non-hydrogen) atoms. The number of nitrogens with zero attached hydrogens (tertiary/aromatic N) is 1. The maximum absolute atomic E-state index is 5.88. The summed E-state index contributed by atoms with van der Waals surface area (Å²) in [4.78, 5) is 2.37. The van der Waals surface area contributed by atoms with Crippen molar-refractivity contribution in [3.63, 3.8) is 0 Å². The minimum Gasteiger partial charge on any atom is -0.492 e. The standard InChI is InChI=1S/C17H30N2OS/c1-5-18-14-16-7-6-8-17(13-16)20-11-10-19(3)15(2)9-12-21-4/h6-8,13,15,18H,5,9-12,14H2,1-4H3. The van der Waals surface area contributed by atoms with Crippen LogP contribution >= 0.6 is 11.8 Å². The van der Waals surface area contributed by atoms with E-state index < -0.39 is 0 Å². The Morgan fingerprint density at radius 1 is 1.38 bits per heavy atom. The molecule has 0 amide bonds. The van der Waals surface area contributed by atoms with Gasteiger partial charge in [0, 0.05) is 19.1 Å². The monoisotopic (exact) mass is 310 g/mol. The Kier molecular flexibility index (Phi) is 9.55. The van der Waals surface area contributed by atoms with Crippen molar-refractivity contribution in [1.29, 1.82) is 0 Å². The van der Waals surface area contributed by atoms with Gasteiger partial charge in [0.15, 0.2) is 0 Å². The summed E-state index contributed by atoms with van der Waals surface area (Å²) >= 11 is 1.91. The van der Waals surface area contributed by atoms with Gasteiger partial charge in [-0.2, -0.15) is 11.8 Å². The van der Waals surface area contributed by atoms with Gasteiger partial charge >= 0.3 is 0 Å². The highest BCUT2D eigenvalue weighted by atomic mass is 32.2. The predicted molar refractivity (Wildman–Crippen MR) is 94.4 cm³/mol. The van der Waals surface area contributed by atoms with Gasteiger partial charge in [0.05, 0.1) is 0 Å². The third-order valence-corrected chi connectivity index (χ3v) is 4.33. The number of hydrogen-bond donors (Lipinski definition) is 1. The van der Waals surface area contributed by atoms with Gasteiger partial charge in [0.2, 0.25) is 0 Å². The van der Waals surface area contributed by atoms with Crippen LogP contribution in [0.15, 0.2) is 24.3 Å². The summed E-state index contributed by atoms with van der Waals surface area (Å²) in [6.45, 7) is 8.00. The summed E-state index contributed by atoms with van der Waals surface area (Å²) in [7, 11) is 2.18. The van der Waals surface area contributed by atoms with Crippen molar-refractivity contribution < 1.29 is 4.74 Å². The van der Waals surface area contributed by atoms with Crippen LogP contribution in [-0.2, 0) is 6.54 Å². The zero-order valence-electron chi connectivity index (χ0n) is 13.9. The molecule has 1 aromatic rings. The molecule has 1 rings (SSSR count). The first-order chi connectivity index (χ1) is 10.2. The van der Waals surface area contributed by atoms with Gasteiger partial charge in [-0.1, -0.05) is 19.1 Å². The quantitative estimate of drug-likeness (QED) is 0.678. The summed E-state index contributed by atoms with van der Waals surface area (Å²) in [5, 5.41) is 3.33. The molecule has 3 nitrogen and oxygen atoms in total. The third-order valence-electron chi connectivity index (χ3n) is 3.68. The van der Waals surface area contributed by atoms with Crippen LogP contribution in [0, 0.1) is 0 Å². The maximum atomic E-state index is 5.88.